The summed E-state index contributed by atoms with van der Waals surface area (Å²) in [5, 5.41) is 0. The van der Waals surface area contributed by atoms with E-state index in [4.69, 9.17) is 4.74 Å². The molecule has 0 aromatic heterocycles. The Morgan fingerprint density at radius 2 is 1.59 bits per heavy atom. The first-order valence-electron chi connectivity index (χ1n) is 10.8. The quantitative estimate of drug-likeness (QED) is 0.725. The molecule has 0 spiro atoms. The maximum Gasteiger partial charge on any atom is 0.254 e. The van der Waals surface area contributed by atoms with Crippen molar-refractivity contribution < 1.29 is 17.9 Å². The monoisotopic (exact) mass is 421 g/mol. The Labute approximate surface area is 173 Å². The number of carbonyl (C=O) groups excluding carboxylic acids is 1. The van der Waals surface area contributed by atoms with Crippen molar-refractivity contribution in [2.75, 3.05) is 52.5 Å². The van der Waals surface area contributed by atoms with Crippen LogP contribution in [0.3, 0.4) is 0 Å². The molecule has 1 amide bonds. The van der Waals surface area contributed by atoms with Crippen LogP contribution in [0.15, 0.2) is 29.2 Å². The van der Waals surface area contributed by atoms with E-state index >= 15 is 0 Å². The van der Waals surface area contributed by atoms with Gasteiger partial charge in [-0.2, -0.15) is 4.31 Å². The van der Waals surface area contributed by atoms with E-state index in [9.17, 15) is 13.2 Å². The minimum atomic E-state index is -3.53. The van der Waals surface area contributed by atoms with Gasteiger partial charge in [-0.05, 0) is 69.5 Å². The van der Waals surface area contributed by atoms with E-state index in [0.29, 0.717) is 31.9 Å². The van der Waals surface area contributed by atoms with E-state index in [1.165, 1.54) is 23.6 Å². The minimum absolute atomic E-state index is 0.0178. The summed E-state index contributed by atoms with van der Waals surface area (Å²) >= 11 is 0. The number of benzene rings is 1. The van der Waals surface area contributed by atoms with Gasteiger partial charge in [0.2, 0.25) is 10.0 Å². The maximum absolute atomic E-state index is 13.2. The lowest BCUT2D eigenvalue weighted by molar-refractivity contribution is 0.0560. The van der Waals surface area contributed by atoms with Gasteiger partial charge in [-0.1, -0.05) is 0 Å². The molecular weight excluding hydrogens is 390 g/mol. The highest BCUT2D eigenvalue weighted by Gasteiger charge is 2.30. The van der Waals surface area contributed by atoms with Gasteiger partial charge < -0.3 is 14.5 Å². The third-order valence-corrected chi connectivity index (χ3v) is 8.18. The molecular formula is C21H31N3O4S. The van der Waals surface area contributed by atoms with Crippen LogP contribution in [-0.4, -0.2) is 87.0 Å². The smallest absolute Gasteiger partial charge is 0.254 e. The molecule has 4 rings (SSSR count). The van der Waals surface area contributed by atoms with Crippen molar-refractivity contribution in [1.29, 1.82) is 0 Å². The molecule has 0 radical (unpaired) electrons. The normalized spacial score (nSPS) is 24.7. The van der Waals surface area contributed by atoms with E-state index in [1.807, 2.05) is 4.90 Å². The minimum Gasteiger partial charge on any atom is -0.379 e. The number of nitrogens with zero attached hydrogens (tertiary/aromatic N) is 3. The van der Waals surface area contributed by atoms with Crippen molar-refractivity contribution in [3.63, 3.8) is 0 Å². The van der Waals surface area contributed by atoms with E-state index in [2.05, 4.69) is 4.90 Å². The molecule has 1 aromatic carbocycles. The topological polar surface area (TPSA) is 70.2 Å². The van der Waals surface area contributed by atoms with Crippen LogP contribution >= 0.6 is 0 Å². The summed E-state index contributed by atoms with van der Waals surface area (Å²) in [6.45, 7) is 5.58. The van der Waals surface area contributed by atoms with Crippen LogP contribution in [0.25, 0.3) is 0 Å². The van der Waals surface area contributed by atoms with Gasteiger partial charge in [-0.3, -0.25) is 4.79 Å². The van der Waals surface area contributed by atoms with E-state index < -0.39 is 10.0 Å². The second-order valence-electron chi connectivity index (χ2n) is 8.20. The summed E-state index contributed by atoms with van der Waals surface area (Å²) in [5.41, 5.74) is 0.569. The average Bonchev–Trinajstić information content (AvgIpc) is 3.27. The second kappa shape index (κ2) is 9.12. The lowest BCUT2D eigenvalue weighted by Crippen LogP contribution is -2.49. The molecule has 3 fully saturated rings. The number of piperidine rings is 1. The summed E-state index contributed by atoms with van der Waals surface area (Å²) in [7, 11) is -3.53. The van der Waals surface area contributed by atoms with Crippen LogP contribution in [0.1, 0.15) is 42.5 Å². The van der Waals surface area contributed by atoms with Crippen LogP contribution in [-0.2, 0) is 14.8 Å². The van der Waals surface area contributed by atoms with Crippen LogP contribution < -0.4 is 0 Å². The Morgan fingerprint density at radius 1 is 0.931 bits per heavy atom. The largest absolute Gasteiger partial charge is 0.379 e. The number of rotatable bonds is 5. The van der Waals surface area contributed by atoms with Gasteiger partial charge in [-0.15, -0.1) is 0 Å². The standard InChI is InChI=1S/C21H31N3O4S/c25-21(24-12-2-1-5-19(24)17-22-10-3-4-11-22)18-6-8-20(9-7-18)29(26,27)23-13-15-28-16-14-23/h6-9,19H,1-5,10-17H2/t19-/m0/s1. The molecule has 0 N–H and O–H groups in total. The van der Waals surface area contributed by atoms with Gasteiger partial charge in [0, 0.05) is 37.8 Å². The molecule has 1 atom stereocenters. The molecule has 0 saturated carbocycles. The Hall–Kier alpha value is -1.48. The first kappa shape index (κ1) is 20.8. The SMILES string of the molecule is O=C(c1ccc(S(=O)(=O)N2CCOCC2)cc1)N1CCCC[C@H]1CN1CCCC1. The predicted octanol–water partition coefficient (Wildman–Crippen LogP) is 1.80. The summed E-state index contributed by atoms with van der Waals surface area (Å²) in [5.74, 6) is 0.0178. The molecule has 160 valence electrons. The average molecular weight is 422 g/mol. The number of morpholine rings is 1. The van der Waals surface area contributed by atoms with Gasteiger partial charge in [0.05, 0.1) is 18.1 Å². The van der Waals surface area contributed by atoms with Gasteiger partial charge in [0.25, 0.3) is 5.91 Å². The number of amides is 1. The van der Waals surface area contributed by atoms with Crippen LogP contribution in [0.4, 0.5) is 0 Å². The molecule has 0 aliphatic carbocycles. The Kier molecular flexibility index (Phi) is 6.53. The van der Waals surface area contributed by atoms with Crippen molar-refractivity contribution in [2.24, 2.45) is 0 Å². The van der Waals surface area contributed by atoms with Crippen molar-refractivity contribution in [2.45, 2.75) is 43.0 Å². The van der Waals surface area contributed by atoms with Crippen LogP contribution in [0, 0.1) is 0 Å². The summed E-state index contributed by atoms with van der Waals surface area (Å²) in [4.78, 5) is 17.9. The predicted molar refractivity (Wildman–Crippen MR) is 110 cm³/mol. The molecule has 1 aromatic rings. The van der Waals surface area contributed by atoms with E-state index in [0.717, 1.165) is 39.0 Å². The fourth-order valence-corrected chi connectivity index (χ4v) is 6.00. The lowest BCUT2D eigenvalue weighted by atomic mass is 10.00. The highest BCUT2D eigenvalue weighted by atomic mass is 32.2. The highest BCUT2D eigenvalue weighted by Crippen LogP contribution is 2.23. The summed E-state index contributed by atoms with van der Waals surface area (Å²) in [6, 6.07) is 6.72. The molecule has 7 nitrogen and oxygen atoms in total. The number of ether oxygens (including phenoxy) is 1. The zero-order valence-electron chi connectivity index (χ0n) is 17.0. The van der Waals surface area contributed by atoms with Crippen molar-refractivity contribution in [3.8, 4) is 0 Å². The van der Waals surface area contributed by atoms with Gasteiger partial charge in [0.15, 0.2) is 0 Å². The number of carbonyl (C=O) groups is 1. The molecule has 3 aliphatic heterocycles. The third kappa shape index (κ3) is 4.66. The molecule has 3 aliphatic rings. The first-order valence-corrected chi connectivity index (χ1v) is 12.2. The lowest BCUT2D eigenvalue weighted by Gasteiger charge is -2.38. The van der Waals surface area contributed by atoms with Gasteiger partial charge in [-0.25, -0.2) is 8.42 Å². The number of hydrogen-bond donors (Lipinski definition) is 0. The zero-order chi connectivity index (χ0) is 20.3. The fourth-order valence-electron chi connectivity index (χ4n) is 4.59. The first-order chi connectivity index (χ1) is 14.1. The van der Waals surface area contributed by atoms with Gasteiger partial charge in [0.1, 0.15) is 0 Å². The summed E-state index contributed by atoms with van der Waals surface area (Å²) in [6.07, 6.45) is 5.75. The molecule has 0 bridgehead atoms. The van der Waals surface area contributed by atoms with E-state index in [1.54, 1.807) is 24.3 Å². The zero-order valence-corrected chi connectivity index (χ0v) is 17.8. The highest BCUT2D eigenvalue weighted by molar-refractivity contribution is 7.89. The van der Waals surface area contributed by atoms with Crippen molar-refractivity contribution in [3.05, 3.63) is 29.8 Å². The number of hydrogen-bond acceptors (Lipinski definition) is 5. The van der Waals surface area contributed by atoms with Crippen LogP contribution in [0.2, 0.25) is 0 Å². The van der Waals surface area contributed by atoms with Gasteiger partial charge >= 0.3 is 0 Å². The Bertz CT molecular complexity index is 800. The molecule has 0 unspecified atom stereocenters. The number of likely N-dealkylation sites (tertiary alicyclic amines) is 2. The maximum atomic E-state index is 13.2. The third-order valence-electron chi connectivity index (χ3n) is 6.26. The second-order valence-corrected chi connectivity index (χ2v) is 10.1. The Balaban J connectivity index is 1.46. The fraction of sp³-hybridized carbons (Fsp3) is 0.667. The molecule has 3 saturated heterocycles. The van der Waals surface area contributed by atoms with Crippen LogP contribution in [0.5, 0.6) is 0 Å². The number of sulfonamides is 1. The van der Waals surface area contributed by atoms with Crippen molar-refractivity contribution in [1.82, 2.24) is 14.1 Å². The molecule has 29 heavy (non-hydrogen) atoms. The summed E-state index contributed by atoms with van der Waals surface area (Å²) < 4.78 is 32.3. The molecule has 8 heteroatoms. The Morgan fingerprint density at radius 3 is 2.28 bits per heavy atom. The van der Waals surface area contributed by atoms with Crippen molar-refractivity contribution >= 4 is 15.9 Å². The molecule has 3 heterocycles. The van der Waals surface area contributed by atoms with E-state index in [-0.39, 0.29) is 16.8 Å².